The number of nitrogens with zero attached hydrogens (tertiary/aromatic N) is 1. The first-order chi connectivity index (χ1) is 9.22. The third-order valence-corrected chi connectivity index (χ3v) is 4.43. The van der Waals surface area contributed by atoms with Crippen molar-refractivity contribution in [2.75, 3.05) is 5.75 Å². The molecule has 0 aromatic heterocycles. The Labute approximate surface area is 116 Å². The first-order valence-electron chi connectivity index (χ1n) is 6.16. The normalized spacial score (nSPS) is 21.1. The van der Waals surface area contributed by atoms with E-state index >= 15 is 0 Å². The zero-order valence-corrected chi connectivity index (χ0v) is 11.3. The zero-order chi connectivity index (χ0) is 13.7. The van der Waals surface area contributed by atoms with Crippen molar-refractivity contribution in [3.8, 4) is 0 Å². The minimum atomic E-state index is -0.583. The summed E-state index contributed by atoms with van der Waals surface area (Å²) in [5.74, 6) is 0.947. The third kappa shape index (κ3) is 3.41. The van der Waals surface area contributed by atoms with Crippen LogP contribution in [0.4, 0.5) is 0 Å². The predicted octanol–water partition coefficient (Wildman–Crippen LogP) is 1.49. The number of benzene rings is 1. The Morgan fingerprint density at radius 3 is 2.79 bits per heavy atom. The number of oxime groups is 1. The monoisotopic (exact) mass is 279 g/mol. The number of carbonyl (C=O) groups is 1. The van der Waals surface area contributed by atoms with Gasteiger partial charge in [-0.15, -0.1) is 11.8 Å². The maximum Gasteiger partial charge on any atom is 0.233 e. The largest absolute Gasteiger partial charge is 0.409 e. The fraction of sp³-hybridized carbons (Fsp3) is 0.385. The van der Waals surface area contributed by atoms with E-state index in [1.807, 2.05) is 30.3 Å². The van der Waals surface area contributed by atoms with Crippen LogP contribution >= 0.6 is 11.8 Å². The van der Waals surface area contributed by atoms with Gasteiger partial charge in [0.05, 0.1) is 5.25 Å². The maximum atomic E-state index is 12.1. The van der Waals surface area contributed by atoms with Gasteiger partial charge in [-0.05, 0) is 24.2 Å². The Kier molecular flexibility index (Phi) is 4.68. The van der Waals surface area contributed by atoms with E-state index in [-0.39, 0.29) is 17.0 Å². The van der Waals surface area contributed by atoms with Crippen molar-refractivity contribution >= 4 is 23.5 Å². The second kappa shape index (κ2) is 6.47. The van der Waals surface area contributed by atoms with E-state index in [0.29, 0.717) is 0 Å². The Bertz CT molecular complexity index is 458. The third-order valence-electron chi connectivity index (χ3n) is 3.05. The van der Waals surface area contributed by atoms with Crippen molar-refractivity contribution in [1.29, 1.82) is 0 Å². The highest BCUT2D eigenvalue weighted by Crippen LogP contribution is 2.27. The molecule has 0 spiro atoms. The number of amidine groups is 1. The molecule has 1 heterocycles. The molecule has 1 saturated heterocycles. The molecule has 1 aromatic carbocycles. The highest BCUT2D eigenvalue weighted by atomic mass is 32.2. The SMILES string of the molecule is NC(=NO)C(NC(=O)C1CCCS1)c1ccccc1. The van der Waals surface area contributed by atoms with Crippen LogP contribution < -0.4 is 11.1 Å². The van der Waals surface area contributed by atoms with Crippen molar-refractivity contribution in [3.63, 3.8) is 0 Å². The lowest BCUT2D eigenvalue weighted by Gasteiger charge is -2.19. The van der Waals surface area contributed by atoms with Gasteiger partial charge in [-0.1, -0.05) is 35.5 Å². The Hall–Kier alpha value is -1.69. The second-order valence-corrected chi connectivity index (χ2v) is 5.69. The topological polar surface area (TPSA) is 87.7 Å². The predicted molar refractivity (Wildman–Crippen MR) is 76.2 cm³/mol. The van der Waals surface area contributed by atoms with Crippen LogP contribution in [0.1, 0.15) is 24.4 Å². The molecule has 1 aliphatic heterocycles. The van der Waals surface area contributed by atoms with Crippen LogP contribution in [0, 0.1) is 0 Å². The maximum absolute atomic E-state index is 12.1. The van der Waals surface area contributed by atoms with Crippen LogP contribution in [0.3, 0.4) is 0 Å². The van der Waals surface area contributed by atoms with Crippen molar-refractivity contribution in [1.82, 2.24) is 5.32 Å². The quantitative estimate of drug-likeness (QED) is 0.337. The molecule has 4 N–H and O–H groups in total. The lowest BCUT2D eigenvalue weighted by atomic mass is 10.1. The summed E-state index contributed by atoms with van der Waals surface area (Å²) in [7, 11) is 0. The smallest absolute Gasteiger partial charge is 0.233 e. The molecule has 1 aromatic rings. The number of rotatable bonds is 4. The van der Waals surface area contributed by atoms with Gasteiger partial charge in [0.1, 0.15) is 6.04 Å². The van der Waals surface area contributed by atoms with Crippen LogP contribution in [-0.4, -0.2) is 28.0 Å². The standard InChI is InChI=1S/C13H17N3O2S/c14-12(16-18)11(9-5-2-1-3-6-9)15-13(17)10-7-4-8-19-10/h1-3,5-6,10-11,18H,4,7-8H2,(H2,14,16)(H,15,17). The highest BCUT2D eigenvalue weighted by Gasteiger charge is 2.27. The van der Waals surface area contributed by atoms with Crippen LogP contribution in [0.15, 0.2) is 35.5 Å². The molecule has 0 radical (unpaired) electrons. The average Bonchev–Trinajstić information content (AvgIpc) is 2.99. The number of hydrogen-bond donors (Lipinski definition) is 3. The van der Waals surface area contributed by atoms with E-state index in [9.17, 15) is 4.79 Å². The van der Waals surface area contributed by atoms with Gasteiger partial charge in [0, 0.05) is 0 Å². The summed E-state index contributed by atoms with van der Waals surface area (Å²) in [5, 5.41) is 14.7. The van der Waals surface area contributed by atoms with Gasteiger partial charge in [0.25, 0.3) is 0 Å². The highest BCUT2D eigenvalue weighted by molar-refractivity contribution is 8.00. The van der Waals surface area contributed by atoms with Crippen molar-refractivity contribution < 1.29 is 10.0 Å². The summed E-state index contributed by atoms with van der Waals surface area (Å²) in [6, 6.07) is 8.67. The van der Waals surface area contributed by atoms with Crippen molar-refractivity contribution in [3.05, 3.63) is 35.9 Å². The molecular weight excluding hydrogens is 262 g/mol. The van der Waals surface area contributed by atoms with Crippen LogP contribution in [0.5, 0.6) is 0 Å². The van der Waals surface area contributed by atoms with E-state index in [1.165, 1.54) is 0 Å². The number of hydrogen-bond acceptors (Lipinski definition) is 4. The number of amides is 1. The molecule has 0 bridgehead atoms. The van der Waals surface area contributed by atoms with Crippen molar-refractivity contribution in [2.24, 2.45) is 10.9 Å². The minimum Gasteiger partial charge on any atom is -0.409 e. The number of thioether (sulfide) groups is 1. The van der Waals surface area contributed by atoms with Gasteiger partial charge in [-0.2, -0.15) is 0 Å². The molecule has 0 aliphatic carbocycles. The molecule has 1 fully saturated rings. The molecule has 0 saturated carbocycles. The Balaban J connectivity index is 2.12. The van der Waals surface area contributed by atoms with Gasteiger partial charge in [0.2, 0.25) is 5.91 Å². The van der Waals surface area contributed by atoms with Crippen LogP contribution in [-0.2, 0) is 4.79 Å². The number of nitrogens with two attached hydrogens (primary N) is 1. The molecule has 2 unspecified atom stereocenters. The summed E-state index contributed by atoms with van der Waals surface area (Å²) >= 11 is 1.65. The first-order valence-corrected chi connectivity index (χ1v) is 7.21. The van der Waals surface area contributed by atoms with Gasteiger partial charge in [-0.25, -0.2) is 0 Å². The molecule has 1 amide bonds. The zero-order valence-electron chi connectivity index (χ0n) is 10.5. The Morgan fingerprint density at radius 2 is 2.21 bits per heavy atom. The summed E-state index contributed by atoms with van der Waals surface area (Å²) in [6.45, 7) is 0. The van der Waals surface area contributed by atoms with Crippen LogP contribution in [0.25, 0.3) is 0 Å². The molecule has 19 heavy (non-hydrogen) atoms. The van der Waals surface area contributed by atoms with E-state index in [1.54, 1.807) is 11.8 Å². The lowest BCUT2D eigenvalue weighted by Crippen LogP contribution is -2.41. The summed E-state index contributed by atoms with van der Waals surface area (Å²) in [4.78, 5) is 12.1. The lowest BCUT2D eigenvalue weighted by molar-refractivity contribution is -0.120. The average molecular weight is 279 g/mol. The van der Waals surface area contributed by atoms with E-state index in [0.717, 1.165) is 24.2 Å². The molecule has 102 valence electrons. The van der Waals surface area contributed by atoms with Gasteiger partial charge >= 0.3 is 0 Å². The summed E-state index contributed by atoms with van der Waals surface area (Å²) < 4.78 is 0. The molecule has 2 atom stereocenters. The molecule has 2 rings (SSSR count). The minimum absolute atomic E-state index is 0.0115. The molecular formula is C13H17N3O2S. The first kappa shape index (κ1) is 13.7. The fourth-order valence-corrected chi connectivity index (χ4v) is 3.22. The van der Waals surface area contributed by atoms with Gasteiger partial charge < -0.3 is 16.3 Å². The molecule has 1 aliphatic rings. The van der Waals surface area contributed by atoms with Crippen LogP contribution in [0.2, 0.25) is 0 Å². The Morgan fingerprint density at radius 1 is 1.47 bits per heavy atom. The number of carbonyl (C=O) groups excluding carboxylic acids is 1. The van der Waals surface area contributed by atoms with Crippen molar-refractivity contribution in [2.45, 2.75) is 24.1 Å². The number of nitrogens with one attached hydrogen (secondary N) is 1. The van der Waals surface area contributed by atoms with E-state index < -0.39 is 6.04 Å². The van der Waals surface area contributed by atoms with E-state index in [2.05, 4.69) is 10.5 Å². The molecule has 6 heteroatoms. The second-order valence-electron chi connectivity index (χ2n) is 4.38. The fourth-order valence-electron chi connectivity index (χ4n) is 2.05. The van der Waals surface area contributed by atoms with Gasteiger partial charge in [0.15, 0.2) is 5.84 Å². The summed E-state index contributed by atoms with van der Waals surface area (Å²) in [6.07, 6.45) is 1.94. The van der Waals surface area contributed by atoms with E-state index in [4.69, 9.17) is 10.9 Å². The summed E-state index contributed by atoms with van der Waals surface area (Å²) in [5.41, 5.74) is 6.47. The molecule has 5 nitrogen and oxygen atoms in total. The van der Waals surface area contributed by atoms with Gasteiger partial charge in [-0.3, -0.25) is 4.79 Å².